The minimum atomic E-state index is -0.0458. The van der Waals surface area contributed by atoms with Gasteiger partial charge < -0.3 is 19.7 Å². The molecular weight excluding hydrogens is 314 g/mol. The standard InChI is InChI=1S/C16H19N3O3S/c1-10-14(15(17-2)23-18-10)16(20)19(3)9-11-4-5-12-13(8-11)22-7-6-21-12/h4-5,8,17H,6-7,9H2,1-3H3. The summed E-state index contributed by atoms with van der Waals surface area (Å²) in [6.07, 6.45) is 0. The third-order valence-corrected chi connectivity index (χ3v) is 4.63. The van der Waals surface area contributed by atoms with Gasteiger partial charge in [0.1, 0.15) is 18.2 Å². The first-order valence-electron chi connectivity index (χ1n) is 7.38. The van der Waals surface area contributed by atoms with Crippen molar-refractivity contribution in [2.24, 2.45) is 0 Å². The predicted molar refractivity (Wildman–Crippen MR) is 89.6 cm³/mol. The molecule has 1 amide bonds. The van der Waals surface area contributed by atoms with E-state index < -0.39 is 0 Å². The molecule has 1 aromatic heterocycles. The Hall–Kier alpha value is -2.28. The van der Waals surface area contributed by atoms with Crippen LogP contribution in [0, 0.1) is 6.92 Å². The van der Waals surface area contributed by atoms with Crippen LogP contribution in [0.2, 0.25) is 0 Å². The number of ether oxygens (including phenoxy) is 2. The molecule has 3 rings (SSSR count). The van der Waals surface area contributed by atoms with E-state index in [1.54, 1.807) is 19.0 Å². The fourth-order valence-corrected chi connectivity index (χ4v) is 3.25. The number of anilines is 1. The Kier molecular flexibility index (Phi) is 4.38. The minimum absolute atomic E-state index is 0.0458. The highest BCUT2D eigenvalue weighted by atomic mass is 32.1. The molecule has 1 aromatic carbocycles. The summed E-state index contributed by atoms with van der Waals surface area (Å²) in [4.78, 5) is 14.4. The van der Waals surface area contributed by atoms with Crippen LogP contribution in [-0.2, 0) is 6.54 Å². The first kappa shape index (κ1) is 15.6. The summed E-state index contributed by atoms with van der Waals surface area (Å²) < 4.78 is 15.4. The molecule has 0 bridgehead atoms. The molecule has 0 aliphatic carbocycles. The maximum atomic E-state index is 12.7. The summed E-state index contributed by atoms with van der Waals surface area (Å²) in [6, 6.07) is 5.77. The number of fused-ring (bicyclic) bond motifs is 1. The van der Waals surface area contributed by atoms with E-state index in [1.807, 2.05) is 25.1 Å². The monoisotopic (exact) mass is 333 g/mol. The Balaban J connectivity index is 1.77. The van der Waals surface area contributed by atoms with Crippen molar-refractivity contribution in [3.05, 3.63) is 35.0 Å². The normalized spacial score (nSPS) is 12.8. The van der Waals surface area contributed by atoms with Crippen LogP contribution >= 0.6 is 11.5 Å². The lowest BCUT2D eigenvalue weighted by Crippen LogP contribution is -2.27. The molecule has 0 saturated carbocycles. The molecule has 0 unspecified atom stereocenters. The number of amides is 1. The van der Waals surface area contributed by atoms with E-state index in [0.29, 0.717) is 25.3 Å². The zero-order valence-electron chi connectivity index (χ0n) is 13.4. The second-order valence-corrected chi connectivity index (χ2v) is 6.13. The summed E-state index contributed by atoms with van der Waals surface area (Å²) in [5.41, 5.74) is 2.38. The van der Waals surface area contributed by atoms with Gasteiger partial charge in [-0.3, -0.25) is 4.79 Å². The molecule has 2 heterocycles. The number of rotatable bonds is 4. The van der Waals surface area contributed by atoms with E-state index in [4.69, 9.17) is 9.47 Å². The second-order valence-electron chi connectivity index (χ2n) is 5.36. The van der Waals surface area contributed by atoms with Crippen molar-refractivity contribution < 1.29 is 14.3 Å². The summed E-state index contributed by atoms with van der Waals surface area (Å²) in [6.45, 7) is 3.47. The predicted octanol–water partition coefficient (Wildman–Crippen LogP) is 2.54. The number of nitrogens with zero attached hydrogens (tertiary/aromatic N) is 2. The largest absolute Gasteiger partial charge is 0.486 e. The number of hydrogen-bond donors (Lipinski definition) is 1. The topological polar surface area (TPSA) is 63.7 Å². The molecular formula is C16H19N3O3S. The summed E-state index contributed by atoms with van der Waals surface area (Å²) >= 11 is 1.30. The number of carbonyl (C=O) groups is 1. The molecule has 0 saturated heterocycles. The van der Waals surface area contributed by atoms with E-state index in [9.17, 15) is 4.79 Å². The van der Waals surface area contributed by atoms with Crippen LogP contribution in [0.25, 0.3) is 0 Å². The van der Waals surface area contributed by atoms with Crippen LogP contribution in [0.3, 0.4) is 0 Å². The first-order valence-corrected chi connectivity index (χ1v) is 8.15. The quantitative estimate of drug-likeness (QED) is 0.931. The van der Waals surface area contributed by atoms with Gasteiger partial charge in [0.25, 0.3) is 5.91 Å². The van der Waals surface area contributed by atoms with Gasteiger partial charge in [-0.15, -0.1) is 0 Å². The summed E-state index contributed by atoms with van der Waals surface area (Å²) in [5.74, 6) is 1.44. The number of hydrogen-bond acceptors (Lipinski definition) is 6. The van der Waals surface area contributed by atoms with Gasteiger partial charge in [0.2, 0.25) is 0 Å². The highest BCUT2D eigenvalue weighted by Crippen LogP contribution is 2.31. The molecule has 6 nitrogen and oxygen atoms in total. The van der Waals surface area contributed by atoms with Gasteiger partial charge in [-0.2, -0.15) is 4.37 Å². The minimum Gasteiger partial charge on any atom is -0.486 e. The number of aryl methyl sites for hydroxylation is 1. The SMILES string of the molecule is CNc1snc(C)c1C(=O)N(C)Cc1ccc2c(c1)OCCO2. The van der Waals surface area contributed by atoms with Crippen molar-refractivity contribution in [3.8, 4) is 11.5 Å². The molecule has 0 spiro atoms. The molecule has 122 valence electrons. The van der Waals surface area contributed by atoms with Crippen molar-refractivity contribution in [2.45, 2.75) is 13.5 Å². The number of aromatic nitrogens is 1. The smallest absolute Gasteiger partial charge is 0.258 e. The van der Waals surface area contributed by atoms with E-state index >= 15 is 0 Å². The maximum absolute atomic E-state index is 12.7. The van der Waals surface area contributed by atoms with Crippen molar-refractivity contribution in [1.82, 2.24) is 9.27 Å². The zero-order valence-corrected chi connectivity index (χ0v) is 14.2. The van der Waals surface area contributed by atoms with Gasteiger partial charge in [-0.25, -0.2) is 0 Å². The van der Waals surface area contributed by atoms with Gasteiger partial charge in [0.15, 0.2) is 11.5 Å². The molecule has 0 radical (unpaired) electrons. The van der Waals surface area contributed by atoms with Gasteiger partial charge in [0, 0.05) is 20.6 Å². The van der Waals surface area contributed by atoms with Gasteiger partial charge in [0.05, 0.1) is 11.3 Å². The molecule has 1 aliphatic heterocycles. The third kappa shape index (κ3) is 3.10. The Morgan fingerprint density at radius 1 is 1.35 bits per heavy atom. The second kappa shape index (κ2) is 6.45. The summed E-state index contributed by atoms with van der Waals surface area (Å²) in [5, 5.41) is 3.82. The van der Waals surface area contributed by atoms with Crippen molar-refractivity contribution >= 4 is 22.4 Å². The fourth-order valence-electron chi connectivity index (χ4n) is 2.51. The Bertz CT molecular complexity index is 729. The van der Waals surface area contributed by atoms with E-state index in [2.05, 4.69) is 9.69 Å². The van der Waals surface area contributed by atoms with Crippen molar-refractivity contribution in [1.29, 1.82) is 0 Å². The number of nitrogens with one attached hydrogen (secondary N) is 1. The van der Waals surface area contributed by atoms with Gasteiger partial charge in [-0.1, -0.05) is 6.07 Å². The molecule has 0 atom stereocenters. The zero-order chi connectivity index (χ0) is 16.4. The van der Waals surface area contributed by atoms with Crippen LogP contribution in [0.5, 0.6) is 11.5 Å². The van der Waals surface area contributed by atoms with E-state index in [1.165, 1.54) is 11.5 Å². The Labute approximate surface area is 139 Å². The molecule has 2 aromatic rings. The van der Waals surface area contributed by atoms with Crippen LogP contribution in [-0.4, -0.2) is 42.5 Å². The lowest BCUT2D eigenvalue weighted by molar-refractivity contribution is 0.0785. The van der Waals surface area contributed by atoms with Crippen molar-refractivity contribution in [2.75, 3.05) is 32.6 Å². The van der Waals surface area contributed by atoms with Crippen molar-refractivity contribution in [3.63, 3.8) is 0 Å². The Morgan fingerprint density at radius 3 is 2.83 bits per heavy atom. The van der Waals surface area contributed by atoms with Crippen LogP contribution < -0.4 is 14.8 Å². The molecule has 0 fully saturated rings. The highest BCUT2D eigenvalue weighted by molar-refractivity contribution is 7.10. The average Bonchev–Trinajstić information content (AvgIpc) is 2.94. The molecule has 23 heavy (non-hydrogen) atoms. The van der Waals surface area contributed by atoms with Crippen LogP contribution in [0.1, 0.15) is 21.6 Å². The Morgan fingerprint density at radius 2 is 2.09 bits per heavy atom. The van der Waals surface area contributed by atoms with Crippen LogP contribution in [0.15, 0.2) is 18.2 Å². The van der Waals surface area contributed by atoms with Gasteiger partial charge >= 0.3 is 0 Å². The van der Waals surface area contributed by atoms with E-state index in [-0.39, 0.29) is 5.91 Å². The third-order valence-electron chi connectivity index (χ3n) is 3.68. The first-order chi connectivity index (χ1) is 11.1. The lowest BCUT2D eigenvalue weighted by atomic mass is 10.1. The number of carbonyl (C=O) groups excluding carboxylic acids is 1. The number of benzene rings is 1. The van der Waals surface area contributed by atoms with E-state index in [0.717, 1.165) is 27.8 Å². The molecule has 1 aliphatic rings. The molecule has 1 N–H and O–H groups in total. The summed E-state index contributed by atoms with van der Waals surface area (Å²) in [7, 11) is 3.58. The average molecular weight is 333 g/mol. The van der Waals surface area contributed by atoms with Gasteiger partial charge in [-0.05, 0) is 36.2 Å². The highest BCUT2D eigenvalue weighted by Gasteiger charge is 2.21. The lowest BCUT2D eigenvalue weighted by Gasteiger charge is -2.21. The molecule has 7 heteroatoms. The fraction of sp³-hybridized carbons (Fsp3) is 0.375. The van der Waals surface area contributed by atoms with Crippen LogP contribution in [0.4, 0.5) is 5.00 Å². The maximum Gasteiger partial charge on any atom is 0.258 e.